The molecule has 39 heavy (non-hydrogen) atoms. The van der Waals surface area contributed by atoms with Gasteiger partial charge in [0.1, 0.15) is 0 Å². The van der Waals surface area contributed by atoms with Crippen LogP contribution in [0.4, 0.5) is 0 Å². The lowest BCUT2D eigenvalue weighted by Crippen LogP contribution is -2.00. The molecule has 1 aliphatic carbocycles. The molecule has 2 aromatic heterocycles. The summed E-state index contributed by atoms with van der Waals surface area (Å²) in [6.45, 7) is 0. The predicted octanol–water partition coefficient (Wildman–Crippen LogP) is 9.45. The van der Waals surface area contributed by atoms with Crippen LogP contribution in [0, 0.1) is 0 Å². The van der Waals surface area contributed by atoms with E-state index >= 15 is 0 Å². The summed E-state index contributed by atoms with van der Waals surface area (Å²) >= 11 is 0. The maximum atomic E-state index is 2.49. The molecule has 0 saturated carbocycles. The first-order valence-corrected chi connectivity index (χ1v) is 13.6. The van der Waals surface area contributed by atoms with Crippen LogP contribution in [0.1, 0.15) is 11.1 Å². The van der Waals surface area contributed by atoms with Crippen molar-refractivity contribution in [3.8, 4) is 22.5 Å². The number of rotatable bonds is 2. The Hall–Kier alpha value is -5.08. The average Bonchev–Trinajstić information content (AvgIpc) is 3.65. The number of nitrogens with zero attached hydrogens (tertiary/aromatic N) is 2. The normalized spacial score (nSPS) is 12.5. The van der Waals surface area contributed by atoms with Crippen LogP contribution in [0.5, 0.6) is 0 Å². The fourth-order valence-corrected chi connectivity index (χ4v) is 6.91. The Morgan fingerprint density at radius 2 is 0.974 bits per heavy atom. The van der Waals surface area contributed by atoms with Gasteiger partial charge < -0.3 is 9.13 Å². The Morgan fingerprint density at radius 3 is 1.69 bits per heavy atom. The highest BCUT2D eigenvalue weighted by atomic mass is 15.0. The van der Waals surface area contributed by atoms with Crippen LogP contribution in [-0.4, -0.2) is 9.13 Å². The molecule has 0 spiro atoms. The van der Waals surface area contributed by atoms with Crippen LogP contribution in [0.3, 0.4) is 0 Å². The van der Waals surface area contributed by atoms with Gasteiger partial charge in [-0.2, -0.15) is 0 Å². The second-order valence-corrected chi connectivity index (χ2v) is 10.6. The molecule has 0 radical (unpaired) electrons. The summed E-state index contributed by atoms with van der Waals surface area (Å²) in [5, 5.41) is 5.14. The van der Waals surface area contributed by atoms with E-state index in [4.69, 9.17) is 0 Å². The third kappa shape index (κ3) is 2.81. The minimum Gasteiger partial charge on any atom is -0.309 e. The van der Waals surface area contributed by atoms with Gasteiger partial charge in [0.15, 0.2) is 0 Å². The Morgan fingerprint density at radius 1 is 0.410 bits per heavy atom. The first-order chi connectivity index (χ1) is 19.4. The lowest BCUT2D eigenvalue weighted by atomic mass is 10.0. The highest BCUT2D eigenvalue weighted by Gasteiger charge is 2.23. The minimum absolute atomic E-state index is 0.961. The van der Waals surface area contributed by atoms with Crippen molar-refractivity contribution >= 4 is 43.6 Å². The highest BCUT2D eigenvalue weighted by molar-refractivity contribution is 6.12. The van der Waals surface area contributed by atoms with Gasteiger partial charge in [0.25, 0.3) is 0 Å². The van der Waals surface area contributed by atoms with Crippen LogP contribution in [0.25, 0.3) is 66.1 Å². The van der Waals surface area contributed by atoms with Crippen molar-refractivity contribution in [2.24, 2.45) is 0 Å². The number of benzene rings is 6. The summed E-state index contributed by atoms with van der Waals surface area (Å²) in [5.74, 6) is 0. The molecule has 0 saturated heterocycles. The van der Waals surface area contributed by atoms with Crippen molar-refractivity contribution in [3.05, 3.63) is 145 Å². The van der Waals surface area contributed by atoms with Gasteiger partial charge in [-0.25, -0.2) is 0 Å². The lowest BCUT2D eigenvalue weighted by molar-refractivity contribution is 1.11. The molecule has 9 rings (SSSR count). The topological polar surface area (TPSA) is 9.86 Å². The smallest absolute Gasteiger partial charge is 0.0562 e. The van der Waals surface area contributed by atoms with E-state index < -0.39 is 0 Å². The molecule has 2 heteroatoms. The molecule has 2 heterocycles. The molecular formula is C37H24N2. The molecule has 1 aliphatic rings. The van der Waals surface area contributed by atoms with Crippen LogP contribution in [0.2, 0.25) is 0 Å². The van der Waals surface area contributed by atoms with Crippen LogP contribution < -0.4 is 0 Å². The molecule has 0 bridgehead atoms. The maximum Gasteiger partial charge on any atom is 0.0562 e. The van der Waals surface area contributed by atoms with E-state index in [1.165, 1.54) is 77.2 Å². The van der Waals surface area contributed by atoms with Crippen molar-refractivity contribution in [1.29, 1.82) is 0 Å². The third-order valence-corrected chi connectivity index (χ3v) is 8.56. The quantitative estimate of drug-likeness (QED) is 0.226. The van der Waals surface area contributed by atoms with Gasteiger partial charge in [-0.05, 0) is 58.7 Å². The van der Waals surface area contributed by atoms with Crippen molar-refractivity contribution in [1.82, 2.24) is 9.13 Å². The third-order valence-electron chi connectivity index (χ3n) is 8.56. The van der Waals surface area contributed by atoms with Gasteiger partial charge in [-0.15, -0.1) is 0 Å². The standard InChI is InChI=1S/C37H24N2/c1-2-11-26-24(10-1)22-32-27(26)15-9-19-36(32)39-35-18-8-5-14-30(35)31-21-20-25(23-37(31)39)38-33-16-6-3-12-28(33)29-13-4-7-17-34(29)38/h1-21,23H,22H2. The molecule has 0 fully saturated rings. The van der Waals surface area contributed by atoms with E-state index in [-0.39, 0.29) is 0 Å². The van der Waals surface area contributed by atoms with Gasteiger partial charge in [-0.3, -0.25) is 0 Å². The van der Waals surface area contributed by atoms with Gasteiger partial charge in [0, 0.05) is 33.7 Å². The second kappa shape index (κ2) is 7.72. The minimum atomic E-state index is 0.961. The van der Waals surface area contributed by atoms with E-state index in [0.717, 1.165) is 6.42 Å². The predicted molar refractivity (Wildman–Crippen MR) is 163 cm³/mol. The van der Waals surface area contributed by atoms with E-state index in [0.29, 0.717) is 0 Å². The number of fused-ring (bicyclic) bond motifs is 9. The summed E-state index contributed by atoms with van der Waals surface area (Å²) < 4.78 is 4.91. The van der Waals surface area contributed by atoms with Gasteiger partial charge in [-0.1, -0.05) is 97.1 Å². The summed E-state index contributed by atoms with van der Waals surface area (Å²) in [5.41, 5.74) is 12.9. The molecule has 182 valence electrons. The van der Waals surface area contributed by atoms with Crippen molar-refractivity contribution < 1.29 is 0 Å². The van der Waals surface area contributed by atoms with E-state index in [2.05, 4.69) is 143 Å². The first kappa shape index (κ1) is 20.9. The fraction of sp³-hybridized carbons (Fsp3) is 0.0270. The summed E-state index contributed by atoms with van der Waals surface area (Å²) in [6.07, 6.45) is 0.961. The number of hydrogen-bond donors (Lipinski definition) is 0. The largest absolute Gasteiger partial charge is 0.309 e. The fourth-order valence-electron chi connectivity index (χ4n) is 6.91. The molecule has 0 amide bonds. The van der Waals surface area contributed by atoms with Crippen molar-refractivity contribution in [2.45, 2.75) is 6.42 Å². The Labute approximate surface area is 226 Å². The Kier molecular flexibility index (Phi) is 4.14. The van der Waals surface area contributed by atoms with E-state index in [1.807, 2.05) is 0 Å². The number of aromatic nitrogens is 2. The zero-order valence-electron chi connectivity index (χ0n) is 21.3. The number of hydrogen-bond acceptors (Lipinski definition) is 0. The molecule has 8 aromatic rings. The Bertz CT molecular complexity index is 2210. The molecule has 0 aliphatic heterocycles. The van der Waals surface area contributed by atoms with Crippen LogP contribution in [-0.2, 0) is 6.42 Å². The summed E-state index contributed by atoms with van der Waals surface area (Å²) in [4.78, 5) is 0. The van der Waals surface area contributed by atoms with Crippen molar-refractivity contribution in [3.63, 3.8) is 0 Å². The van der Waals surface area contributed by atoms with E-state index in [1.54, 1.807) is 0 Å². The van der Waals surface area contributed by atoms with Crippen LogP contribution >= 0.6 is 0 Å². The highest BCUT2D eigenvalue weighted by Crippen LogP contribution is 2.42. The van der Waals surface area contributed by atoms with Gasteiger partial charge >= 0.3 is 0 Å². The lowest BCUT2D eigenvalue weighted by Gasteiger charge is -2.14. The van der Waals surface area contributed by atoms with Crippen molar-refractivity contribution in [2.75, 3.05) is 0 Å². The molecule has 0 N–H and O–H groups in total. The molecular weight excluding hydrogens is 472 g/mol. The van der Waals surface area contributed by atoms with Crippen LogP contribution in [0.15, 0.2) is 133 Å². The Balaban J connectivity index is 1.38. The number of para-hydroxylation sites is 3. The summed E-state index contributed by atoms with van der Waals surface area (Å²) in [7, 11) is 0. The SMILES string of the molecule is c1ccc2c(c1)Cc1c-2cccc1-n1c2ccccc2c2ccc(-n3c4ccccc4c4ccccc43)cc21. The van der Waals surface area contributed by atoms with Gasteiger partial charge in [0.05, 0.1) is 27.8 Å². The summed E-state index contributed by atoms with van der Waals surface area (Å²) in [6, 6.07) is 48.9. The monoisotopic (exact) mass is 496 g/mol. The molecule has 0 atom stereocenters. The second-order valence-electron chi connectivity index (χ2n) is 10.6. The molecule has 2 nitrogen and oxygen atoms in total. The van der Waals surface area contributed by atoms with E-state index in [9.17, 15) is 0 Å². The maximum absolute atomic E-state index is 2.49. The van der Waals surface area contributed by atoms with Gasteiger partial charge in [0.2, 0.25) is 0 Å². The zero-order valence-corrected chi connectivity index (χ0v) is 21.3. The molecule has 6 aromatic carbocycles. The molecule has 0 unspecified atom stereocenters. The first-order valence-electron chi connectivity index (χ1n) is 13.6. The zero-order chi connectivity index (χ0) is 25.5. The average molecular weight is 497 g/mol.